The van der Waals surface area contributed by atoms with Gasteiger partial charge in [0.15, 0.2) is 0 Å². The average Bonchev–Trinajstić information content (AvgIpc) is 2.25. The Labute approximate surface area is 98.0 Å². The highest BCUT2D eigenvalue weighted by molar-refractivity contribution is 7.99. The molecule has 1 atom stereocenters. The molecule has 0 spiro atoms. The standard InChI is InChI=1S/C12H24N2S/c1-10(2)8-15-9-12(14-13)11-6-4-3-5-7-11/h6,10,12,14H,3-5,7-9,13H2,1-2H3. The Hall–Kier alpha value is 0.0100. The average molecular weight is 228 g/mol. The number of nitrogens with two attached hydrogens (primary N) is 1. The summed E-state index contributed by atoms with van der Waals surface area (Å²) in [5.41, 5.74) is 4.48. The first-order valence-electron chi connectivity index (χ1n) is 5.97. The van der Waals surface area contributed by atoms with Crippen molar-refractivity contribution in [1.82, 2.24) is 5.43 Å². The van der Waals surface area contributed by atoms with Crippen molar-refractivity contribution < 1.29 is 0 Å². The molecule has 2 nitrogen and oxygen atoms in total. The molecular weight excluding hydrogens is 204 g/mol. The van der Waals surface area contributed by atoms with Gasteiger partial charge in [0.2, 0.25) is 0 Å². The van der Waals surface area contributed by atoms with Gasteiger partial charge in [-0.1, -0.05) is 25.5 Å². The summed E-state index contributed by atoms with van der Waals surface area (Å²) < 4.78 is 0. The second-order valence-corrected chi connectivity index (χ2v) is 5.75. The van der Waals surface area contributed by atoms with E-state index in [-0.39, 0.29) is 0 Å². The molecule has 0 saturated carbocycles. The maximum atomic E-state index is 5.62. The monoisotopic (exact) mass is 228 g/mol. The number of allylic oxidation sites excluding steroid dienone is 1. The van der Waals surface area contributed by atoms with E-state index in [1.807, 2.05) is 11.8 Å². The molecule has 3 heteroatoms. The molecular formula is C12H24N2S. The van der Waals surface area contributed by atoms with Gasteiger partial charge in [-0.25, -0.2) is 0 Å². The Morgan fingerprint density at radius 1 is 1.40 bits per heavy atom. The predicted molar refractivity (Wildman–Crippen MR) is 69.8 cm³/mol. The van der Waals surface area contributed by atoms with Crippen LogP contribution < -0.4 is 11.3 Å². The summed E-state index contributed by atoms with van der Waals surface area (Å²) in [7, 11) is 0. The number of hydrogen-bond acceptors (Lipinski definition) is 3. The zero-order valence-electron chi connectivity index (χ0n) is 9.96. The number of thioether (sulfide) groups is 1. The molecule has 1 unspecified atom stereocenters. The summed E-state index contributed by atoms with van der Waals surface area (Å²) in [6.07, 6.45) is 7.53. The van der Waals surface area contributed by atoms with Crippen LogP contribution in [0.1, 0.15) is 39.5 Å². The van der Waals surface area contributed by atoms with Crippen LogP contribution in [0.5, 0.6) is 0 Å². The Bertz CT molecular complexity index is 202. The summed E-state index contributed by atoms with van der Waals surface area (Å²) >= 11 is 2.00. The maximum Gasteiger partial charge on any atom is 0.0510 e. The highest BCUT2D eigenvalue weighted by atomic mass is 32.2. The Morgan fingerprint density at radius 2 is 2.20 bits per heavy atom. The van der Waals surface area contributed by atoms with E-state index in [1.165, 1.54) is 37.0 Å². The molecule has 0 heterocycles. The SMILES string of the molecule is CC(C)CSCC(NN)C1=CCCCC1. The minimum atomic E-state index is 0.397. The van der Waals surface area contributed by atoms with Crippen LogP contribution in [0, 0.1) is 5.92 Å². The summed E-state index contributed by atoms with van der Waals surface area (Å²) in [6.45, 7) is 4.52. The fraction of sp³-hybridized carbons (Fsp3) is 0.833. The molecule has 3 N–H and O–H groups in total. The molecule has 0 fully saturated rings. The van der Waals surface area contributed by atoms with Gasteiger partial charge in [-0.3, -0.25) is 11.3 Å². The number of nitrogens with one attached hydrogen (secondary N) is 1. The lowest BCUT2D eigenvalue weighted by atomic mass is 9.95. The lowest BCUT2D eigenvalue weighted by Crippen LogP contribution is -2.39. The Kier molecular flexibility index (Phi) is 6.37. The van der Waals surface area contributed by atoms with Crippen molar-refractivity contribution in [3.05, 3.63) is 11.6 Å². The van der Waals surface area contributed by atoms with Gasteiger partial charge in [0, 0.05) is 5.75 Å². The van der Waals surface area contributed by atoms with Crippen LogP contribution in [-0.4, -0.2) is 17.5 Å². The normalized spacial score (nSPS) is 19.1. The third-order valence-electron chi connectivity index (χ3n) is 2.71. The van der Waals surface area contributed by atoms with Crippen molar-refractivity contribution in [2.75, 3.05) is 11.5 Å². The fourth-order valence-corrected chi connectivity index (χ4v) is 3.02. The van der Waals surface area contributed by atoms with Gasteiger partial charge in [-0.05, 0) is 37.4 Å². The van der Waals surface area contributed by atoms with Gasteiger partial charge < -0.3 is 0 Å². The predicted octanol–water partition coefficient (Wildman–Crippen LogP) is 2.71. The van der Waals surface area contributed by atoms with E-state index in [0.29, 0.717) is 6.04 Å². The van der Waals surface area contributed by atoms with Crippen molar-refractivity contribution in [3.8, 4) is 0 Å². The maximum absolute atomic E-state index is 5.62. The van der Waals surface area contributed by atoms with E-state index in [0.717, 1.165) is 11.7 Å². The quantitative estimate of drug-likeness (QED) is 0.417. The van der Waals surface area contributed by atoms with E-state index >= 15 is 0 Å². The van der Waals surface area contributed by atoms with E-state index in [4.69, 9.17) is 5.84 Å². The smallest absolute Gasteiger partial charge is 0.0510 e. The summed E-state index contributed by atoms with van der Waals surface area (Å²) in [5, 5.41) is 0. The molecule has 0 aromatic carbocycles. The van der Waals surface area contributed by atoms with Crippen molar-refractivity contribution in [3.63, 3.8) is 0 Å². The second-order valence-electron chi connectivity index (χ2n) is 4.68. The van der Waals surface area contributed by atoms with E-state index in [2.05, 4.69) is 25.3 Å². The molecule has 0 saturated heterocycles. The van der Waals surface area contributed by atoms with E-state index < -0.39 is 0 Å². The molecule has 0 bridgehead atoms. The molecule has 0 amide bonds. The minimum Gasteiger partial charge on any atom is -0.271 e. The first kappa shape index (κ1) is 13.1. The van der Waals surface area contributed by atoms with Gasteiger partial charge in [0.05, 0.1) is 6.04 Å². The topological polar surface area (TPSA) is 38.0 Å². The first-order chi connectivity index (χ1) is 7.24. The van der Waals surface area contributed by atoms with Gasteiger partial charge in [0.1, 0.15) is 0 Å². The van der Waals surface area contributed by atoms with Gasteiger partial charge in [-0.2, -0.15) is 11.8 Å². The largest absolute Gasteiger partial charge is 0.271 e. The molecule has 1 rings (SSSR count). The van der Waals surface area contributed by atoms with Crippen LogP contribution in [0.2, 0.25) is 0 Å². The third kappa shape index (κ3) is 5.05. The molecule has 1 aliphatic carbocycles. The Morgan fingerprint density at radius 3 is 2.73 bits per heavy atom. The van der Waals surface area contributed by atoms with Crippen LogP contribution in [-0.2, 0) is 0 Å². The minimum absolute atomic E-state index is 0.397. The van der Waals surface area contributed by atoms with Crippen LogP contribution in [0.25, 0.3) is 0 Å². The lowest BCUT2D eigenvalue weighted by molar-refractivity contribution is 0.581. The highest BCUT2D eigenvalue weighted by Gasteiger charge is 2.14. The summed E-state index contributed by atoms with van der Waals surface area (Å²) in [5.74, 6) is 8.73. The molecule has 0 radical (unpaired) electrons. The van der Waals surface area contributed by atoms with Crippen molar-refractivity contribution in [1.29, 1.82) is 0 Å². The van der Waals surface area contributed by atoms with E-state index in [9.17, 15) is 0 Å². The van der Waals surface area contributed by atoms with Crippen molar-refractivity contribution >= 4 is 11.8 Å². The molecule has 1 aliphatic rings. The van der Waals surface area contributed by atoms with E-state index in [1.54, 1.807) is 0 Å². The number of hydrogen-bond donors (Lipinski definition) is 2. The van der Waals surface area contributed by atoms with Crippen LogP contribution in [0.15, 0.2) is 11.6 Å². The van der Waals surface area contributed by atoms with Crippen molar-refractivity contribution in [2.24, 2.45) is 11.8 Å². The van der Waals surface area contributed by atoms with Crippen molar-refractivity contribution in [2.45, 2.75) is 45.6 Å². The fourth-order valence-electron chi connectivity index (χ4n) is 1.86. The van der Waals surface area contributed by atoms with Gasteiger partial charge >= 0.3 is 0 Å². The summed E-state index contributed by atoms with van der Waals surface area (Å²) in [4.78, 5) is 0. The van der Waals surface area contributed by atoms with Crippen LogP contribution in [0.3, 0.4) is 0 Å². The zero-order valence-corrected chi connectivity index (χ0v) is 10.8. The lowest BCUT2D eigenvalue weighted by Gasteiger charge is -2.22. The van der Waals surface area contributed by atoms with Crippen LogP contribution in [0.4, 0.5) is 0 Å². The highest BCUT2D eigenvalue weighted by Crippen LogP contribution is 2.22. The number of hydrazine groups is 1. The molecule has 15 heavy (non-hydrogen) atoms. The van der Waals surface area contributed by atoms with Gasteiger partial charge in [-0.15, -0.1) is 0 Å². The Balaban J connectivity index is 2.31. The molecule has 0 aliphatic heterocycles. The second kappa shape index (κ2) is 7.31. The zero-order chi connectivity index (χ0) is 11.1. The molecule has 0 aromatic rings. The summed E-state index contributed by atoms with van der Waals surface area (Å²) in [6, 6.07) is 0.397. The first-order valence-corrected chi connectivity index (χ1v) is 7.12. The number of rotatable bonds is 6. The molecule has 0 aromatic heterocycles. The van der Waals surface area contributed by atoms with Crippen LogP contribution >= 0.6 is 11.8 Å². The van der Waals surface area contributed by atoms with Gasteiger partial charge in [0.25, 0.3) is 0 Å². The molecule has 88 valence electrons. The third-order valence-corrected chi connectivity index (χ3v) is 4.18.